The molecular weight excluding hydrogens is 382 g/mol. The van der Waals surface area contributed by atoms with Crippen LogP contribution < -0.4 is 16.0 Å². The summed E-state index contributed by atoms with van der Waals surface area (Å²) in [7, 11) is 0. The molecule has 0 bridgehead atoms. The number of carbonyl (C=O) groups excluding carboxylic acids is 2. The molecule has 3 rings (SSSR count). The predicted molar refractivity (Wildman–Crippen MR) is 123 cm³/mol. The Bertz CT molecular complexity index is 1070. The lowest BCUT2D eigenvalue weighted by Crippen LogP contribution is -2.32. The van der Waals surface area contributed by atoms with E-state index in [2.05, 4.69) is 16.0 Å². The van der Waals surface area contributed by atoms with Gasteiger partial charge in [0.15, 0.2) is 5.11 Å². The van der Waals surface area contributed by atoms with E-state index in [9.17, 15) is 9.59 Å². The van der Waals surface area contributed by atoms with E-state index in [1.54, 1.807) is 37.3 Å². The molecule has 2 amide bonds. The standard InChI is InChI=1S/C23H21N3O2S/c1-2-21(27)24-18-11-13-19(14-12-18)25-23(29)26-22(28)15-10-17-8-5-7-16-6-3-4-9-20(16)17/h3-15H,2H2,1H3,(H,24,27)(H2,25,26,28,29)/b15-10+. The number of rotatable bonds is 5. The second-order valence-electron chi connectivity index (χ2n) is 6.32. The highest BCUT2D eigenvalue weighted by Gasteiger charge is 2.04. The van der Waals surface area contributed by atoms with E-state index < -0.39 is 0 Å². The molecule has 0 aliphatic rings. The molecule has 146 valence electrons. The van der Waals surface area contributed by atoms with Crippen LogP contribution in [0.15, 0.2) is 72.8 Å². The van der Waals surface area contributed by atoms with Gasteiger partial charge in [0.1, 0.15) is 0 Å². The van der Waals surface area contributed by atoms with Crippen molar-refractivity contribution < 1.29 is 9.59 Å². The summed E-state index contributed by atoms with van der Waals surface area (Å²) >= 11 is 5.20. The first kappa shape index (κ1) is 20.2. The van der Waals surface area contributed by atoms with Crippen molar-refractivity contribution in [3.63, 3.8) is 0 Å². The third-order valence-corrected chi connectivity index (χ3v) is 4.43. The molecule has 0 saturated heterocycles. The van der Waals surface area contributed by atoms with Crippen LogP contribution in [0.4, 0.5) is 11.4 Å². The van der Waals surface area contributed by atoms with Crippen LogP contribution in [0.5, 0.6) is 0 Å². The van der Waals surface area contributed by atoms with Crippen molar-refractivity contribution in [3.05, 3.63) is 78.4 Å². The fourth-order valence-corrected chi connectivity index (χ4v) is 2.98. The maximum absolute atomic E-state index is 12.2. The summed E-state index contributed by atoms with van der Waals surface area (Å²) in [5, 5.41) is 10.7. The van der Waals surface area contributed by atoms with Gasteiger partial charge in [0.2, 0.25) is 11.8 Å². The lowest BCUT2D eigenvalue weighted by molar-refractivity contribution is -0.116. The SMILES string of the molecule is CCC(=O)Nc1ccc(NC(=S)NC(=O)/C=C/c2cccc3ccccc23)cc1. The van der Waals surface area contributed by atoms with E-state index >= 15 is 0 Å². The van der Waals surface area contributed by atoms with Crippen molar-refractivity contribution in [3.8, 4) is 0 Å². The number of fused-ring (bicyclic) bond motifs is 1. The van der Waals surface area contributed by atoms with Crippen LogP contribution in [0.3, 0.4) is 0 Å². The number of anilines is 2. The summed E-state index contributed by atoms with van der Waals surface area (Å²) < 4.78 is 0. The largest absolute Gasteiger partial charge is 0.332 e. The van der Waals surface area contributed by atoms with Crippen molar-refractivity contribution in [1.29, 1.82) is 0 Å². The summed E-state index contributed by atoms with van der Waals surface area (Å²) in [5.74, 6) is -0.367. The highest BCUT2D eigenvalue weighted by atomic mass is 32.1. The molecule has 3 aromatic carbocycles. The van der Waals surface area contributed by atoms with Crippen LogP contribution in [0.2, 0.25) is 0 Å². The Morgan fingerprint density at radius 3 is 2.28 bits per heavy atom. The molecule has 0 unspecified atom stereocenters. The zero-order valence-corrected chi connectivity index (χ0v) is 16.8. The van der Waals surface area contributed by atoms with Gasteiger partial charge in [0.25, 0.3) is 0 Å². The smallest absolute Gasteiger partial charge is 0.250 e. The Morgan fingerprint density at radius 1 is 0.897 bits per heavy atom. The number of hydrogen-bond acceptors (Lipinski definition) is 3. The topological polar surface area (TPSA) is 70.2 Å². The minimum Gasteiger partial charge on any atom is -0.332 e. The lowest BCUT2D eigenvalue weighted by Gasteiger charge is -2.09. The van der Waals surface area contributed by atoms with E-state index in [-0.39, 0.29) is 16.9 Å². The van der Waals surface area contributed by atoms with Crippen LogP contribution in [0.1, 0.15) is 18.9 Å². The van der Waals surface area contributed by atoms with Crippen molar-refractivity contribution in [2.24, 2.45) is 0 Å². The van der Waals surface area contributed by atoms with Gasteiger partial charge in [-0.3, -0.25) is 14.9 Å². The van der Waals surface area contributed by atoms with E-state index in [1.807, 2.05) is 42.5 Å². The molecule has 6 heteroatoms. The Morgan fingerprint density at radius 2 is 1.55 bits per heavy atom. The Hall–Kier alpha value is -3.51. The number of carbonyl (C=O) groups is 2. The zero-order valence-electron chi connectivity index (χ0n) is 15.9. The molecule has 3 aromatic rings. The number of amides is 2. The van der Waals surface area contributed by atoms with Crippen molar-refractivity contribution in [2.75, 3.05) is 10.6 Å². The van der Waals surface area contributed by atoms with Gasteiger partial charge in [0, 0.05) is 23.9 Å². The second-order valence-corrected chi connectivity index (χ2v) is 6.73. The van der Waals surface area contributed by atoms with Gasteiger partial charge in [-0.2, -0.15) is 0 Å². The average molecular weight is 404 g/mol. The maximum Gasteiger partial charge on any atom is 0.250 e. The molecular formula is C23H21N3O2S. The third kappa shape index (κ3) is 5.73. The molecule has 0 fully saturated rings. The first-order valence-electron chi connectivity index (χ1n) is 9.23. The second kappa shape index (κ2) is 9.61. The van der Waals surface area contributed by atoms with Gasteiger partial charge in [-0.05, 0) is 58.9 Å². The van der Waals surface area contributed by atoms with E-state index in [0.29, 0.717) is 17.8 Å². The molecule has 0 atom stereocenters. The minimum absolute atomic E-state index is 0.0496. The molecule has 5 nitrogen and oxygen atoms in total. The highest BCUT2D eigenvalue weighted by molar-refractivity contribution is 7.80. The Kier molecular flexibility index (Phi) is 6.71. The number of thiocarbonyl (C=S) groups is 1. The normalized spacial score (nSPS) is 10.7. The molecule has 0 saturated carbocycles. The van der Waals surface area contributed by atoms with Gasteiger partial charge in [0.05, 0.1) is 0 Å². The van der Waals surface area contributed by atoms with Gasteiger partial charge in [-0.15, -0.1) is 0 Å². The molecule has 0 aromatic heterocycles. The number of benzene rings is 3. The Balaban J connectivity index is 1.57. The van der Waals surface area contributed by atoms with Crippen molar-refractivity contribution in [1.82, 2.24) is 5.32 Å². The molecule has 0 spiro atoms. The van der Waals surface area contributed by atoms with Gasteiger partial charge >= 0.3 is 0 Å². The molecule has 0 heterocycles. The summed E-state index contributed by atoms with van der Waals surface area (Å²) in [6.07, 6.45) is 3.65. The summed E-state index contributed by atoms with van der Waals surface area (Å²) in [6, 6.07) is 21.0. The molecule has 29 heavy (non-hydrogen) atoms. The highest BCUT2D eigenvalue weighted by Crippen LogP contribution is 2.19. The fraction of sp³-hybridized carbons (Fsp3) is 0.0870. The molecule has 0 aliphatic heterocycles. The average Bonchev–Trinajstić information content (AvgIpc) is 2.73. The van der Waals surface area contributed by atoms with Gasteiger partial charge < -0.3 is 10.6 Å². The first-order valence-corrected chi connectivity index (χ1v) is 9.63. The van der Waals surface area contributed by atoms with Crippen LogP contribution in [0, 0.1) is 0 Å². The van der Waals surface area contributed by atoms with Crippen LogP contribution in [-0.4, -0.2) is 16.9 Å². The van der Waals surface area contributed by atoms with Gasteiger partial charge in [-0.25, -0.2) is 0 Å². The van der Waals surface area contributed by atoms with Crippen LogP contribution >= 0.6 is 12.2 Å². The fourth-order valence-electron chi connectivity index (χ4n) is 2.76. The quantitative estimate of drug-likeness (QED) is 0.426. The molecule has 3 N–H and O–H groups in total. The van der Waals surface area contributed by atoms with E-state index in [0.717, 1.165) is 16.3 Å². The van der Waals surface area contributed by atoms with Crippen LogP contribution in [-0.2, 0) is 9.59 Å². The minimum atomic E-state index is -0.317. The van der Waals surface area contributed by atoms with Crippen molar-refractivity contribution >= 4 is 57.4 Å². The van der Waals surface area contributed by atoms with E-state index in [4.69, 9.17) is 12.2 Å². The zero-order chi connectivity index (χ0) is 20.6. The van der Waals surface area contributed by atoms with Gasteiger partial charge in [-0.1, -0.05) is 49.4 Å². The molecule has 0 radical (unpaired) electrons. The van der Waals surface area contributed by atoms with E-state index in [1.165, 1.54) is 6.08 Å². The van der Waals surface area contributed by atoms with Crippen molar-refractivity contribution in [2.45, 2.75) is 13.3 Å². The summed E-state index contributed by atoms with van der Waals surface area (Å²) in [4.78, 5) is 23.6. The van der Waals surface area contributed by atoms with Crippen LogP contribution in [0.25, 0.3) is 16.8 Å². The maximum atomic E-state index is 12.2. The predicted octanol–water partition coefficient (Wildman–Crippen LogP) is 4.71. The summed E-state index contributed by atoms with van der Waals surface area (Å²) in [5.41, 5.74) is 2.38. The number of hydrogen-bond donors (Lipinski definition) is 3. The molecule has 0 aliphatic carbocycles. The first-order chi connectivity index (χ1) is 14.0. The lowest BCUT2D eigenvalue weighted by atomic mass is 10.0. The monoisotopic (exact) mass is 403 g/mol. The number of nitrogens with one attached hydrogen (secondary N) is 3. The third-order valence-electron chi connectivity index (χ3n) is 4.22. The Labute approximate surface area is 174 Å². The summed E-state index contributed by atoms with van der Waals surface area (Å²) in [6.45, 7) is 1.79.